The number of carboxylic acids is 1. The van der Waals surface area contributed by atoms with E-state index in [1.165, 1.54) is 0 Å². The number of carbonyl (C=O) groups is 3. The molecular formula is C24H27F3N4O4. The van der Waals surface area contributed by atoms with E-state index in [4.69, 9.17) is 9.90 Å². The van der Waals surface area contributed by atoms with E-state index < -0.39 is 12.1 Å². The number of nitrogens with zero attached hydrogens (tertiary/aromatic N) is 4. The smallest absolute Gasteiger partial charge is 0.475 e. The highest BCUT2D eigenvalue weighted by molar-refractivity contribution is 5.97. The van der Waals surface area contributed by atoms with Crippen LogP contribution in [0.5, 0.6) is 0 Å². The summed E-state index contributed by atoms with van der Waals surface area (Å²) in [5.74, 6) is -2.62. The van der Waals surface area contributed by atoms with Crippen molar-refractivity contribution in [3.63, 3.8) is 0 Å². The number of rotatable bonds is 2. The summed E-state index contributed by atoms with van der Waals surface area (Å²) >= 11 is 0. The van der Waals surface area contributed by atoms with Gasteiger partial charge in [0, 0.05) is 31.4 Å². The third-order valence-electron chi connectivity index (χ3n) is 6.22. The van der Waals surface area contributed by atoms with Crippen LogP contribution in [0.1, 0.15) is 27.9 Å². The summed E-state index contributed by atoms with van der Waals surface area (Å²) < 4.78 is 31.7. The number of hydrogen-bond donors (Lipinski definition) is 1. The van der Waals surface area contributed by atoms with Gasteiger partial charge in [-0.25, -0.2) is 4.79 Å². The van der Waals surface area contributed by atoms with Crippen LogP contribution in [-0.4, -0.2) is 82.6 Å². The van der Waals surface area contributed by atoms with Crippen LogP contribution in [0.3, 0.4) is 0 Å². The highest BCUT2D eigenvalue weighted by Gasteiger charge is 2.48. The summed E-state index contributed by atoms with van der Waals surface area (Å²) in [7, 11) is 1.99. The molecule has 2 aliphatic rings. The van der Waals surface area contributed by atoms with Gasteiger partial charge in [-0.15, -0.1) is 0 Å². The number of halogens is 3. The minimum absolute atomic E-state index is 0.0696. The number of alkyl halides is 3. The first kappa shape index (κ1) is 26.1. The number of aromatic nitrogens is 1. The molecule has 35 heavy (non-hydrogen) atoms. The monoisotopic (exact) mass is 492 g/mol. The zero-order valence-electron chi connectivity index (χ0n) is 19.7. The number of carboxylic acid groups (broad SMARTS) is 1. The van der Waals surface area contributed by atoms with Gasteiger partial charge in [0.25, 0.3) is 5.91 Å². The third-order valence-corrected chi connectivity index (χ3v) is 6.22. The minimum atomic E-state index is -5.08. The number of pyridine rings is 1. The van der Waals surface area contributed by atoms with Crippen LogP contribution in [-0.2, 0) is 9.59 Å². The maximum absolute atomic E-state index is 13.1. The molecule has 2 saturated heterocycles. The summed E-state index contributed by atoms with van der Waals surface area (Å²) in [6.07, 6.45) is -0.798. The summed E-state index contributed by atoms with van der Waals surface area (Å²) in [6, 6.07) is 9.75. The summed E-state index contributed by atoms with van der Waals surface area (Å²) in [6.45, 7) is 6.28. The van der Waals surface area contributed by atoms with Crippen molar-refractivity contribution in [3.05, 3.63) is 59.4 Å². The molecule has 0 aliphatic carbocycles. The molecule has 1 unspecified atom stereocenters. The molecule has 1 atom stereocenters. The van der Waals surface area contributed by atoms with Gasteiger partial charge in [0.05, 0.1) is 24.0 Å². The lowest BCUT2D eigenvalue weighted by Crippen LogP contribution is -2.64. The van der Waals surface area contributed by atoms with Gasteiger partial charge >= 0.3 is 12.1 Å². The first-order chi connectivity index (χ1) is 16.3. The Balaban J connectivity index is 0.000000429. The molecule has 188 valence electrons. The van der Waals surface area contributed by atoms with Crippen molar-refractivity contribution in [3.8, 4) is 0 Å². The Hall–Kier alpha value is -3.47. The van der Waals surface area contributed by atoms with Crippen LogP contribution in [0.25, 0.3) is 0 Å². The van der Waals surface area contributed by atoms with Crippen molar-refractivity contribution < 1.29 is 32.7 Å². The van der Waals surface area contributed by atoms with Crippen molar-refractivity contribution in [2.45, 2.75) is 32.0 Å². The maximum Gasteiger partial charge on any atom is 0.490 e. The van der Waals surface area contributed by atoms with Gasteiger partial charge in [0.2, 0.25) is 5.91 Å². The topological polar surface area (TPSA) is 94.1 Å². The number of hydrogen-bond acceptors (Lipinski definition) is 5. The number of amides is 2. The minimum Gasteiger partial charge on any atom is -0.475 e. The average molecular weight is 492 g/mol. The summed E-state index contributed by atoms with van der Waals surface area (Å²) in [4.78, 5) is 44.7. The summed E-state index contributed by atoms with van der Waals surface area (Å²) in [5, 5.41) is 7.12. The van der Waals surface area contributed by atoms with Gasteiger partial charge in [-0.3, -0.25) is 19.5 Å². The Kier molecular flexibility index (Phi) is 7.49. The van der Waals surface area contributed by atoms with Crippen molar-refractivity contribution in [1.82, 2.24) is 14.8 Å². The normalized spacial score (nSPS) is 20.6. The first-order valence-corrected chi connectivity index (χ1v) is 10.9. The lowest BCUT2D eigenvalue weighted by molar-refractivity contribution is -0.192. The largest absolute Gasteiger partial charge is 0.490 e. The number of aliphatic carboxylic acids is 1. The van der Waals surface area contributed by atoms with Crippen LogP contribution < -0.4 is 4.90 Å². The number of anilines is 1. The van der Waals surface area contributed by atoms with Gasteiger partial charge in [0.15, 0.2) is 0 Å². The van der Waals surface area contributed by atoms with E-state index in [1.54, 1.807) is 12.4 Å². The molecule has 0 saturated carbocycles. The zero-order valence-corrected chi connectivity index (χ0v) is 19.7. The molecular weight excluding hydrogens is 465 g/mol. The standard InChI is InChI=1S/C22H26N4O2.C2HF3O2/c1-16-9-17(2)11-18(10-16)21(28)25-8-6-22(14-25)15-26(20(27)13-24(22)3)19-5-4-7-23-12-19;3-2(4,5)1(6)7/h4-5,7,9-12H,6,8,13-15H2,1-3H3;(H,6,7). The SMILES string of the molecule is Cc1cc(C)cc(C(=O)N2CCC3(C2)CN(c2cccnc2)C(=O)CN3C)c1.O=C(O)C(F)(F)F. The zero-order chi connectivity index (χ0) is 26.0. The second-order valence-corrected chi connectivity index (χ2v) is 8.93. The van der Waals surface area contributed by atoms with Crippen LogP contribution in [0.15, 0.2) is 42.7 Å². The van der Waals surface area contributed by atoms with Gasteiger partial charge in [0.1, 0.15) is 0 Å². The Morgan fingerprint density at radius 1 is 1.11 bits per heavy atom. The van der Waals surface area contributed by atoms with E-state index in [0.717, 1.165) is 28.8 Å². The lowest BCUT2D eigenvalue weighted by Gasteiger charge is -2.46. The van der Waals surface area contributed by atoms with Crippen LogP contribution in [0.2, 0.25) is 0 Å². The second-order valence-electron chi connectivity index (χ2n) is 8.93. The Morgan fingerprint density at radius 2 is 1.74 bits per heavy atom. The van der Waals surface area contributed by atoms with Gasteiger partial charge in [-0.05, 0) is 51.6 Å². The predicted octanol–water partition coefficient (Wildman–Crippen LogP) is 2.90. The predicted molar refractivity (Wildman–Crippen MR) is 122 cm³/mol. The van der Waals surface area contributed by atoms with Crippen molar-refractivity contribution in [1.29, 1.82) is 0 Å². The molecule has 3 heterocycles. The molecule has 1 aromatic carbocycles. The van der Waals surface area contributed by atoms with E-state index in [0.29, 0.717) is 26.2 Å². The van der Waals surface area contributed by atoms with E-state index >= 15 is 0 Å². The summed E-state index contributed by atoms with van der Waals surface area (Å²) in [5.41, 5.74) is 3.53. The van der Waals surface area contributed by atoms with Crippen LogP contribution in [0.4, 0.5) is 18.9 Å². The number of likely N-dealkylation sites (tertiary alicyclic amines) is 1. The number of aryl methyl sites for hydroxylation is 2. The molecule has 4 rings (SSSR count). The number of likely N-dealkylation sites (N-methyl/N-ethyl adjacent to an activating group) is 1. The fourth-order valence-corrected chi connectivity index (χ4v) is 4.46. The molecule has 2 fully saturated rings. The van der Waals surface area contributed by atoms with Crippen LogP contribution >= 0.6 is 0 Å². The highest BCUT2D eigenvalue weighted by atomic mass is 19.4. The Bertz CT molecular complexity index is 1090. The third kappa shape index (κ3) is 5.97. The molecule has 11 heteroatoms. The molecule has 2 amide bonds. The Morgan fingerprint density at radius 3 is 2.29 bits per heavy atom. The quantitative estimate of drug-likeness (QED) is 0.693. The number of benzene rings is 1. The molecule has 2 aromatic rings. The lowest BCUT2D eigenvalue weighted by atomic mass is 9.92. The average Bonchev–Trinajstić information content (AvgIpc) is 3.21. The van der Waals surface area contributed by atoms with Crippen LogP contribution in [0, 0.1) is 13.8 Å². The molecule has 1 spiro atoms. The Labute approximate surface area is 201 Å². The van der Waals surface area contributed by atoms with E-state index in [9.17, 15) is 22.8 Å². The number of piperazine rings is 1. The van der Waals surface area contributed by atoms with Crippen molar-refractivity contribution in [2.75, 3.05) is 38.1 Å². The van der Waals surface area contributed by atoms with Gasteiger partial charge < -0.3 is 14.9 Å². The van der Waals surface area contributed by atoms with E-state index in [2.05, 4.69) is 16.0 Å². The molecule has 1 N–H and O–H groups in total. The highest BCUT2D eigenvalue weighted by Crippen LogP contribution is 2.34. The number of carbonyl (C=O) groups excluding carboxylic acids is 2. The van der Waals surface area contributed by atoms with Crippen molar-refractivity contribution >= 4 is 23.5 Å². The molecule has 0 bridgehead atoms. The van der Waals surface area contributed by atoms with E-state index in [-0.39, 0.29) is 17.4 Å². The molecule has 0 radical (unpaired) electrons. The fourth-order valence-electron chi connectivity index (χ4n) is 4.46. The second kappa shape index (κ2) is 10.0. The molecule has 1 aromatic heterocycles. The maximum atomic E-state index is 13.1. The molecule has 8 nitrogen and oxygen atoms in total. The fraction of sp³-hybridized carbons (Fsp3) is 0.417. The first-order valence-electron chi connectivity index (χ1n) is 10.9. The van der Waals surface area contributed by atoms with Gasteiger partial charge in [-0.1, -0.05) is 17.2 Å². The van der Waals surface area contributed by atoms with Crippen molar-refractivity contribution in [2.24, 2.45) is 0 Å². The van der Waals surface area contributed by atoms with E-state index in [1.807, 2.05) is 55.0 Å². The van der Waals surface area contributed by atoms with Gasteiger partial charge in [-0.2, -0.15) is 13.2 Å². The molecule has 2 aliphatic heterocycles.